The molecule has 2 aromatic carbocycles. The third-order valence-corrected chi connectivity index (χ3v) is 3.96. The number of aliphatic imine (C=N–C) groups is 1. The van der Waals surface area contributed by atoms with E-state index in [0.717, 1.165) is 12.0 Å². The second-order valence-corrected chi connectivity index (χ2v) is 5.80. The maximum atomic E-state index is 13.8. The van der Waals surface area contributed by atoms with Gasteiger partial charge in [0.2, 0.25) is 5.90 Å². The van der Waals surface area contributed by atoms with Crippen LogP contribution in [0.25, 0.3) is 0 Å². The largest absolute Gasteiger partial charge is 0.494 e. The van der Waals surface area contributed by atoms with Crippen molar-refractivity contribution < 1.29 is 18.3 Å². The zero-order valence-corrected chi connectivity index (χ0v) is 13.8. The van der Waals surface area contributed by atoms with Gasteiger partial charge in [-0.25, -0.2) is 13.8 Å². The lowest BCUT2D eigenvalue weighted by Gasteiger charge is -2.10. The molecule has 1 aliphatic heterocycles. The van der Waals surface area contributed by atoms with E-state index in [1.807, 2.05) is 6.92 Å². The van der Waals surface area contributed by atoms with Crippen molar-refractivity contribution in [2.75, 3.05) is 13.2 Å². The summed E-state index contributed by atoms with van der Waals surface area (Å²) in [5, 5.41) is 0.483. The van der Waals surface area contributed by atoms with E-state index in [0.29, 0.717) is 17.4 Å². The van der Waals surface area contributed by atoms with E-state index < -0.39 is 17.7 Å². The standard InChI is InChI=1S/C18H16ClF2NO2/c1-2-8-23-11-6-7-12(13(19)9-11)16-10-24-18(22-16)17-14(20)4-3-5-15(17)21/h3-7,9,16H,2,8,10H2,1H3. The van der Waals surface area contributed by atoms with Crippen molar-refractivity contribution in [2.24, 2.45) is 4.99 Å². The van der Waals surface area contributed by atoms with Crippen LogP contribution in [0, 0.1) is 11.6 Å². The number of hydrogen-bond acceptors (Lipinski definition) is 3. The molecule has 0 amide bonds. The zero-order valence-electron chi connectivity index (χ0n) is 13.1. The highest BCUT2D eigenvalue weighted by Gasteiger charge is 2.27. The van der Waals surface area contributed by atoms with Crippen molar-refractivity contribution in [1.29, 1.82) is 0 Å². The molecule has 126 valence electrons. The topological polar surface area (TPSA) is 30.8 Å². The minimum Gasteiger partial charge on any atom is -0.494 e. The van der Waals surface area contributed by atoms with Gasteiger partial charge in [-0.3, -0.25) is 0 Å². The van der Waals surface area contributed by atoms with Gasteiger partial charge < -0.3 is 9.47 Å². The maximum absolute atomic E-state index is 13.8. The Balaban J connectivity index is 1.86. The Morgan fingerprint density at radius 2 is 2.00 bits per heavy atom. The van der Waals surface area contributed by atoms with Gasteiger partial charge in [0.1, 0.15) is 35.6 Å². The van der Waals surface area contributed by atoms with Crippen LogP contribution in [0.5, 0.6) is 5.75 Å². The highest BCUT2D eigenvalue weighted by molar-refractivity contribution is 6.31. The number of nitrogens with zero attached hydrogens (tertiary/aromatic N) is 1. The van der Waals surface area contributed by atoms with Gasteiger partial charge in [0, 0.05) is 5.02 Å². The van der Waals surface area contributed by atoms with Gasteiger partial charge in [0.15, 0.2) is 0 Å². The Bertz CT molecular complexity index is 759. The molecule has 1 heterocycles. The molecule has 0 aromatic heterocycles. The van der Waals surface area contributed by atoms with E-state index in [1.54, 1.807) is 18.2 Å². The molecule has 6 heteroatoms. The fraction of sp³-hybridized carbons (Fsp3) is 0.278. The van der Waals surface area contributed by atoms with E-state index in [4.69, 9.17) is 21.1 Å². The Morgan fingerprint density at radius 1 is 1.25 bits per heavy atom. The quantitative estimate of drug-likeness (QED) is 0.765. The average Bonchev–Trinajstić information content (AvgIpc) is 3.02. The molecule has 2 aromatic rings. The van der Waals surface area contributed by atoms with Crippen LogP contribution in [0.4, 0.5) is 8.78 Å². The van der Waals surface area contributed by atoms with Crippen molar-refractivity contribution in [3.05, 3.63) is 64.2 Å². The molecule has 0 saturated heterocycles. The van der Waals surface area contributed by atoms with Crippen molar-refractivity contribution in [1.82, 2.24) is 0 Å². The van der Waals surface area contributed by atoms with Gasteiger partial charge in [-0.15, -0.1) is 0 Å². The summed E-state index contributed by atoms with van der Waals surface area (Å²) in [5.74, 6) is -0.778. The van der Waals surface area contributed by atoms with Crippen LogP contribution in [0.15, 0.2) is 41.4 Å². The lowest BCUT2D eigenvalue weighted by molar-refractivity contribution is 0.314. The van der Waals surface area contributed by atoms with E-state index >= 15 is 0 Å². The molecular formula is C18H16ClF2NO2. The molecular weight excluding hydrogens is 336 g/mol. The first kappa shape index (κ1) is 16.7. The molecule has 0 bridgehead atoms. The van der Waals surface area contributed by atoms with Crippen molar-refractivity contribution in [2.45, 2.75) is 19.4 Å². The normalized spacial score (nSPS) is 16.7. The number of benzene rings is 2. The zero-order chi connectivity index (χ0) is 17.1. The fourth-order valence-corrected chi connectivity index (χ4v) is 2.76. The monoisotopic (exact) mass is 351 g/mol. The molecule has 1 unspecified atom stereocenters. The highest BCUT2D eigenvalue weighted by atomic mass is 35.5. The summed E-state index contributed by atoms with van der Waals surface area (Å²) < 4.78 is 38.6. The van der Waals surface area contributed by atoms with Crippen LogP contribution in [-0.4, -0.2) is 19.1 Å². The Hall–Kier alpha value is -2.14. The van der Waals surface area contributed by atoms with Crippen LogP contribution < -0.4 is 4.74 Å². The van der Waals surface area contributed by atoms with Crippen LogP contribution in [-0.2, 0) is 4.74 Å². The predicted molar refractivity (Wildman–Crippen MR) is 88.8 cm³/mol. The molecule has 0 saturated carbocycles. The second-order valence-electron chi connectivity index (χ2n) is 5.39. The van der Waals surface area contributed by atoms with Gasteiger partial charge in [-0.05, 0) is 36.2 Å². The maximum Gasteiger partial charge on any atom is 0.222 e. The van der Waals surface area contributed by atoms with Crippen molar-refractivity contribution >= 4 is 17.5 Å². The molecule has 0 radical (unpaired) electrons. The molecule has 24 heavy (non-hydrogen) atoms. The average molecular weight is 352 g/mol. The van der Waals surface area contributed by atoms with Gasteiger partial charge >= 0.3 is 0 Å². The van der Waals surface area contributed by atoms with Gasteiger partial charge in [-0.2, -0.15) is 0 Å². The first-order valence-electron chi connectivity index (χ1n) is 7.67. The minimum atomic E-state index is -0.705. The molecule has 0 aliphatic carbocycles. The van der Waals surface area contributed by atoms with E-state index in [-0.39, 0.29) is 18.1 Å². The van der Waals surface area contributed by atoms with Gasteiger partial charge in [-0.1, -0.05) is 30.7 Å². The van der Waals surface area contributed by atoms with E-state index in [9.17, 15) is 8.78 Å². The summed E-state index contributed by atoms with van der Waals surface area (Å²) in [5.41, 5.74) is 0.478. The second kappa shape index (κ2) is 7.18. The van der Waals surface area contributed by atoms with Crippen molar-refractivity contribution in [3.63, 3.8) is 0 Å². The smallest absolute Gasteiger partial charge is 0.222 e. The third-order valence-electron chi connectivity index (χ3n) is 3.63. The van der Waals surface area contributed by atoms with E-state index in [2.05, 4.69) is 4.99 Å². The minimum absolute atomic E-state index is 0.0435. The number of hydrogen-bond donors (Lipinski definition) is 0. The van der Waals surface area contributed by atoms with Crippen LogP contribution in [0.3, 0.4) is 0 Å². The van der Waals surface area contributed by atoms with Crippen LogP contribution >= 0.6 is 11.6 Å². The Kier molecular flexibility index (Phi) is 5.00. The number of rotatable bonds is 5. The molecule has 3 rings (SSSR count). The van der Waals surface area contributed by atoms with Gasteiger partial charge in [0.05, 0.1) is 6.61 Å². The molecule has 0 N–H and O–H groups in total. The van der Waals surface area contributed by atoms with E-state index in [1.165, 1.54) is 18.2 Å². The molecule has 0 fully saturated rings. The molecule has 1 aliphatic rings. The number of ether oxygens (including phenoxy) is 2. The highest BCUT2D eigenvalue weighted by Crippen LogP contribution is 2.33. The summed E-state index contributed by atoms with van der Waals surface area (Å²) in [7, 11) is 0. The summed E-state index contributed by atoms with van der Waals surface area (Å²) in [6, 6.07) is 8.54. The van der Waals surface area contributed by atoms with Gasteiger partial charge in [0.25, 0.3) is 0 Å². The van der Waals surface area contributed by atoms with Crippen molar-refractivity contribution in [3.8, 4) is 5.75 Å². The summed E-state index contributed by atoms with van der Waals surface area (Å²) in [4.78, 5) is 4.29. The fourth-order valence-electron chi connectivity index (χ4n) is 2.46. The van der Waals surface area contributed by atoms with Crippen LogP contribution in [0.2, 0.25) is 5.02 Å². The molecule has 0 spiro atoms. The first-order chi connectivity index (χ1) is 11.6. The lowest BCUT2D eigenvalue weighted by atomic mass is 10.1. The Morgan fingerprint density at radius 3 is 2.67 bits per heavy atom. The Labute approximate surface area is 143 Å². The molecule has 3 nitrogen and oxygen atoms in total. The molecule has 1 atom stereocenters. The first-order valence-corrected chi connectivity index (χ1v) is 8.05. The summed E-state index contributed by atoms with van der Waals surface area (Å²) in [6.07, 6.45) is 0.900. The predicted octanol–water partition coefficient (Wildman–Crippen LogP) is 4.93. The number of halogens is 3. The SMILES string of the molecule is CCCOc1ccc(C2COC(c3c(F)cccc3F)=N2)c(Cl)c1. The summed E-state index contributed by atoms with van der Waals surface area (Å²) in [6.45, 7) is 2.80. The lowest BCUT2D eigenvalue weighted by Crippen LogP contribution is -2.07. The third kappa shape index (κ3) is 3.36. The van der Waals surface area contributed by atoms with Crippen LogP contribution in [0.1, 0.15) is 30.5 Å². The summed E-state index contributed by atoms with van der Waals surface area (Å²) >= 11 is 6.29.